The molecule has 70 valence electrons. The smallest absolute Gasteiger partial charge is 0.0584 e. The van der Waals surface area contributed by atoms with Crippen molar-refractivity contribution in [2.75, 3.05) is 6.61 Å². The van der Waals surface area contributed by atoms with Crippen LogP contribution in [-0.2, 0) is 0 Å². The Labute approximate surface area is 78.6 Å². The summed E-state index contributed by atoms with van der Waals surface area (Å²) in [6, 6.07) is 11.2. The molecule has 0 amide bonds. The van der Waals surface area contributed by atoms with Crippen LogP contribution in [0.2, 0.25) is 0 Å². The summed E-state index contributed by atoms with van der Waals surface area (Å²) < 4.78 is 0. The number of hydrogen-bond acceptors (Lipinski definition) is 2. The zero-order valence-electron chi connectivity index (χ0n) is 7.61. The van der Waals surface area contributed by atoms with Gasteiger partial charge in [0.25, 0.3) is 0 Å². The quantitative estimate of drug-likeness (QED) is 0.717. The maximum atomic E-state index is 8.97. The average Bonchev–Trinajstić information content (AvgIpc) is 2.67. The van der Waals surface area contributed by atoms with Gasteiger partial charge in [-0.05, 0) is 18.4 Å². The fraction of sp³-hybridized carbons (Fsp3) is 0.455. The summed E-state index contributed by atoms with van der Waals surface area (Å²) in [4.78, 5) is 0. The maximum Gasteiger partial charge on any atom is 0.0584 e. The fourth-order valence-electron chi connectivity index (χ4n) is 1.91. The summed E-state index contributed by atoms with van der Waals surface area (Å²) in [5.74, 6) is 0. The largest absolute Gasteiger partial charge is 0.395 e. The van der Waals surface area contributed by atoms with Crippen LogP contribution in [0, 0.1) is 0 Å². The molecule has 13 heavy (non-hydrogen) atoms. The lowest BCUT2D eigenvalue weighted by Gasteiger charge is -2.12. The van der Waals surface area contributed by atoms with Crippen molar-refractivity contribution in [3.63, 3.8) is 0 Å². The van der Waals surface area contributed by atoms with Gasteiger partial charge in [0.15, 0.2) is 0 Å². The molecule has 0 saturated carbocycles. The minimum Gasteiger partial charge on any atom is -0.395 e. The highest BCUT2D eigenvalue weighted by molar-refractivity contribution is 5.20. The van der Waals surface area contributed by atoms with Gasteiger partial charge in [-0.25, -0.2) is 0 Å². The van der Waals surface area contributed by atoms with E-state index < -0.39 is 0 Å². The van der Waals surface area contributed by atoms with E-state index in [1.54, 1.807) is 0 Å². The van der Waals surface area contributed by atoms with Crippen LogP contribution in [0.3, 0.4) is 0 Å². The lowest BCUT2D eigenvalue weighted by atomic mass is 10.1. The topological polar surface area (TPSA) is 32.3 Å². The van der Waals surface area contributed by atoms with E-state index in [4.69, 9.17) is 5.11 Å². The van der Waals surface area contributed by atoms with Crippen LogP contribution in [0.5, 0.6) is 0 Å². The summed E-state index contributed by atoms with van der Waals surface area (Å²) in [5.41, 5.74) is 1.33. The standard InChI is InChI=1S/C11H15NO/c13-8-10-6-7-11(12-10)9-4-2-1-3-5-9/h1-5,10-13H,6-8H2/t10-,11+/m0/s1. The molecule has 2 atom stereocenters. The molecule has 1 aromatic rings. The van der Waals surface area contributed by atoms with Gasteiger partial charge >= 0.3 is 0 Å². The van der Waals surface area contributed by atoms with Gasteiger partial charge in [0.05, 0.1) is 6.61 Å². The Morgan fingerprint density at radius 2 is 2.00 bits per heavy atom. The van der Waals surface area contributed by atoms with Crippen LogP contribution in [0.4, 0.5) is 0 Å². The molecule has 0 aromatic heterocycles. The Morgan fingerprint density at radius 3 is 2.62 bits per heavy atom. The van der Waals surface area contributed by atoms with Crippen molar-refractivity contribution in [1.82, 2.24) is 5.32 Å². The van der Waals surface area contributed by atoms with E-state index in [0.717, 1.165) is 12.8 Å². The normalized spacial score (nSPS) is 27.8. The highest BCUT2D eigenvalue weighted by atomic mass is 16.3. The van der Waals surface area contributed by atoms with Crippen LogP contribution >= 0.6 is 0 Å². The van der Waals surface area contributed by atoms with Gasteiger partial charge in [0.1, 0.15) is 0 Å². The van der Waals surface area contributed by atoms with Crippen molar-refractivity contribution in [3.8, 4) is 0 Å². The van der Waals surface area contributed by atoms with Crippen molar-refractivity contribution >= 4 is 0 Å². The lowest BCUT2D eigenvalue weighted by molar-refractivity contribution is 0.251. The molecule has 1 aliphatic rings. The zero-order chi connectivity index (χ0) is 9.10. The first-order chi connectivity index (χ1) is 6.40. The summed E-state index contributed by atoms with van der Waals surface area (Å²) in [5, 5.41) is 12.4. The Morgan fingerprint density at radius 1 is 1.23 bits per heavy atom. The monoisotopic (exact) mass is 177 g/mol. The Bertz CT molecular complexity index is 260. The third-order valence-electron chi connectivity index (χ3n) is 2.66. The van der Waals surface area contributed by atoms with Crippen molar-refractivity contribution in [1.29, 1.82) is 0 Å². The molecule has 0 radical (unpaired) electrons. The average molecular weight is 177 g/mol. The molecule has 1 fully saturated rings. The molecule has 0 spiro atoms. The molecule has 1 aliphatic heterocycles. The molecular formula is C11H15NO. The predicted octanol–water partition coefficient (Wildman–Crippen LogP) is 1.47. The van der Waals surface area contributed by atoms with Gasteiger partial charge in [-0.1, -0.05) is 30.3 Å². The summed E-state index contributed by atoms with van der Waals surface area (Å²) >= 11 is 0. The van der Waals surface area contributed by atoms with Gasteiger partial charge in [-0.2, -0.15) is 0 Å². The molecule has 2 nitrogen and oxygen atoms in total. The van der Waals surface area contributed by atoms with Gasteiger partial charge in [-0.15, -0.1) is 0 Å². The molecule has 1 aromatic carbocycles. The molecule has 0 aliphatic carbocycles. The number of hydrogen-bond donors (Lipinski definition) is 2. The minimum absolute atomic E-state index is 0.253. The highest BCUT2D eigenvalue weighted by Crippen LogP contribution is 2.25. The third kappa shape index (κ3) is 1.90. The van der Waals surface area contributed by atoms with E-state index in [0.29, 0.717) is 12.1 Å². The zero-order valence-corrected chi connectivity index (χ0v) is 7.61. The van der Waals surface area contributed by atoms with E-state index in [1.807, 2.05) is 6.07 Å². The van der Waals surface area contributed by atoms with Crippen LogP contribution < -0.4 is 5.32 Å². The predicted molar refractivity (Wildman–Crippen MR) is 52.4 cm³/mol. The first-order valence-corrected chi connectivity index (χ1v) is 4.82. The van der Waals surface area contributed by atoms with Crippen molar-refractivity contribution in [3.05, 3.63) is 35.9 Å². The number of benzene rings is 1. The van der Waals surface area contributed by atoms with Crippen LogP contribution in [0.25, 0.3) is 0 Å². The van der Waals surface area contributed by atoms with Gasteiger partial charge in [0, 0.05) is 12.1 Å². The number of aliphatic hydroxyl groups excluding tert-OH is 1. The van der Waals surface area contributed by atoms with Crippen LogP contribution in [0.1, 0.15) is 24.4 Å². The van der Waals surface area contributed by atoms with Gasteiger partial charge < -0.3 is 10.4 Å². The van der Waals surface area contributed by atoms with Crippen molar-refractivity contribution in [2.45, 2.75) is 24.9 Å². The maximum absolute atomic E-state index is 8.97. The van der Waals surface area contributed by atoms with E-state index in [1.165, 1.54) is 5.56 Å². The second kappa shape index (κ2) is 3.90. The second-order valence-corrected chi connectivity index (χ2v) is 3.59. The molecular weight excluding hydrogens is 162 g/mol. The molecule has 2 N–H and O–H groups in total. The van der Waals surface area contributed by atoms with E-state index >= 15 is 0 Å². The number of rotatable bonds is 2. The Kier molecular flexibility index (Phi) is 2.62. The van der Waals surface area contributed by atoms with E-state index in [-0.39, 0.29) is 6.61 Å². The number of nitrogens with one attached hydrogen (secondary N) is 1. The SMILES string of the molecule is OC[C@@H]1CC[C@H](c2ccccc2)N1. The minimum atomic E-state index is 0.253. The summed E-state index contributed by atoms with van der Waals surface area (Å²) in [6.45, 7) is 0.253. The van der Waals surface area contributed by atoms with Crippen molar-refractivity contribution in [2.24, 2.45) is 0 Å². The van der Waals surface area contributed by atoms with Crippen molar-refractivity contribution < 1.29 is 5.11 Å². The van der Waals surface area contributed by atoms with Gasteiger partial charge in [-0.3, -0.25) is 0 Å². The molecule has 0 bridgehead atoms. The molecule has 0 unspecified atom stereocenters. The lowest BCUT2D eigenvalue weighted by Crippen LogP contribution is -2.27. The first-order valence-electron chi connectivity index (χ1n) is 4.82. The molecule has 1 heterocycles. The van der Waals surface area contributed by atoms with Crippen LogP contribution in [-0.4, -0.2) is 17.8 Å². The van der Waals surface area contributed by atoms with Crippen LogP contribution in [0.15, 0.2) is 30.3 Å². The number of aliphatic hydroxyl groups is 1. The first kappa shape index (κ1) is 8.73. The Balaban J connectivity index is 2.04. The molecule has 2 rings (SSSR count). The summed E-state index contributed by atoms with van der Waals surface area (Å²) in [7, 11) is 0. The fourth-order valence-corrected chi connectivity index (χ4v) is 1.91. The molecule has 2 heteroatoms. The van der Waals surface area contributed by atoms with E-state index in [9.17, 15) is 0 Å². The third-order valence-corrected chi connectivity index (χ3v) is 2.66. The summed E-state index contributed by atoms with van der Waals surface area (Å²) in [6.07, 6.45) is 2.21. The van der Waals surface area contributed by atoms with Gasteiger partial charge in [0.2, 0.25) is 0 Å². The Hall–Kier alpha value is -0.860. The molecule has 1 saturated heterocycles. The second-order valence-electron chi connectivity index (χ2n) is 3.59. The highest BCUT2D eigenvalue weighted by Gasteiger charge is 2.23. The van der Waals surface area contributed by atoms with E-state index in [2.05, 4.69) is 29.6 Å².